The maximum absolute atomic E-state index is 6.25. The molecule has 3 rings (SSSR count). The molecular weight excluding hydrogens is 304 g/mol. The Morgan fingerprint density at radius 3 is 2.70 bits per heavy atom. The lowest BCUT2D eigenvalue weighted by Gasteiger charge is -2.08. The van der Waals surface area contributed by atoms with E-state index in [1.807, 2.05) is 55.7 Å². The van der Waals surface area contributed by atoms with Gasteiger partial charge in [-0.15, -0.1) is 0 Å². The molecule has 3 aromatic rings. The van der Waals surface area contributed by atoms with Gasteiger partial charge < -0.3 is 4.57 Å². The van der Waals surface area contributed by atoms with Gasteiger partial charge in [-0.2, -0.15) is 0 Å². The molecule has 0 bridgehead atoms. The highest BCUT2D eigenvalue weighted by molar-refractivity contribution is 6.31. The first-order chi connectivity index (χ1) is 11.2. The highest BCUT2D eigenvalue weighted by Crippen LogP contribution is 2.22. The topological polar surface area (TPSA) is 17.3 Å². The third-order valence-electron chi connectivity index (χ3n) is 3.92. The minimum atomic E-state index is 0.774. The fourth-order valence-electron chi connectivity index (χ4n) is 2.54. The van der Waals surface area contributed by atoms with Gasteiger partial charge in [0.2, 0.25) is 0 Å². The quantitative estimate of drug-likeness (QED) is 0.544. The second kappa shape index (κ2) is 6.84. The summed E-state index contributed by atoms with van der Waals surface area (Å²) in [6.07, 6.45) is 4.90. The zero-order valence-corrected chi connectivity index (χ0v) is 14.1. The lowest BCUT2D eigenvalue weighted by Crippen LogP contribution is -1.98. The van der Waals surface area contributed by atoms with Crippen LogP contribution in [0.1, 0.15) is 23.7 Å². The molecule has 0 aliphatic carbocycles. The van der Waals surface area contributed by atoms with Crippen LogP contribution in [-0.4, -0.2) is 10.8 Å². The molecule has 0 saturated heterocycles. The number of aromatic nitrogens is 1. The Kier molecular flexibility index (Phi) is 4.63. The van der Waals surface area contributed by atoms with Crippen molar-refractivity contribution in [1.29, 1.82) is 0 Å². The molecule has 116 valence electrons. The summed E-state index contributed by atoms with van der Waals surface area (Å²) in [7, 11) is 0. The molecule has 23 heavy (non-hydrogen) atoms. The first-order valence-electron chi connectivity index (χ1n) is 7.75. The first kappa shape index (κ1) is 15.6. The normalized spacial score (nSPS) is 11.3. The van der Waals surface area contributed by atoms with Crippen molar-refractivity contribution >= 4 is 23.5 Å². The third-order valence-corrected chi connectivity index (χ3v) is 4.33. The van der Waals surface area contributed by atoms with E-state index in [9.17, 15) is 0 Å². The van der Waals surface area contributed by atoms with Crippen LogP contribution in [0.2, 0.25) is 5.02 Å². The third kappa shape index (κ3) is 3.38. The Balaban J connectivity index is 1.95. The number of rotatable bonds is 4. The summed E-state index contributed by atoms with van der Waals surface area (Å²) in [6, 6.07) is 18.4. The number of hydrogen-bond acceptors (Lipinski definition) is 1. The molecule has 2 nitrogen and oxygen atoms in total. The molecule has 0 aliphatic heterocycles. The SMILES string of the molecule is CCc1ccccc1N=Cc1cccn1-c1ccc(C)c(Cl)c1. The van der Waals surface area contributed by atoms with Gasteiger partial charge in [-0.3, -0.25) is 4.99 Å². The fraction of sp³-hybridized carbons (Fsp3) is 0.150. The molecular formula is C20H19ClN2. The van der Waals surface area contributed by atoms with Gasteiger partial charge in [0.05, 0.1) is 17.6 Å². The van der Waals surface area contributed by atoms with Crippen LogP contribution in [-0.2, 0) is 6.42 Å². The van der Waals surface area contributed by atoms with Gasteiger partial charge in [0.15, 0.2) is 0 Å². The van der Waals surface area contributed by atoms with Crippen molar-refractivity contribution in [3.63, 3.8) is 0 Å². The van der Waals surface area contributed by atoms with Crippen LogP contribution >= 0.6 is 11.6 Å². The fourth-order valence-corrected chi connectivity index (χ4v) is 2.71. The van der Waals surface area contributed by atoms with Crippen molar-refractivity contribution in [2.24, 2.45) is 4.99 Å². The van der Waals surface area contributed by atoms with E-state index in [1.165, 1.54) is 5.56 Å². The molecule has 3 heteroatoms. The van der Waals surface area contributed by atoms with Crippen molar-refractivity contribution in [2.75, 3.05) is 0 Å². The van der Waals surface area contributed by atoms with Crippen molar-refractivity contribution in [3.8, 4) is 5.69 Å². The monoisotopic (exact) mass is 322 g/mol. The summed E-state index contributed by atoms with van der Waals surface area (Å²) < 4.78 is 2.09. The molecule has 0 radical (unpaired) electrons. The van der Waals surface area contributed by atoms with Crippen LogP contribution in [0.4, 0.5) is 5.69 Å². The minimum Gasteiger partial charge on any atom is -0.316 e. The maximum Gasteiger partial charge on any atom is 0.0662 e. The number of hydrogen-bond donors (Lipinski definition) is 0. The van der Waals surface area contributed by atoms with E-state index in [0.29, 0.717) is 0 Å². The Hall–Kier alpha value is -2.32. The molecule has 2 aromatic carbocycles. The second-order valence-electron chi connectivity index (χ2n) is 5.48. The van der Waals surface area contributed by atoms with Crippen LogP contribution in [0.5, 0.6) is 0 Å². The zero-order valence-electron chi connectivity index (χ0n) is 13.3. The average Bonchev–Trinajstić information content (AvgIpc) is 3.04. The number of benzene rings is 2. The van der Waals surface area contributed by atoms with Crippen LogP contribution < -0.4 is 0 Å². The summed E-state index contributed by atoms with van der Waals surface area (Å²) in [5, 5.41) is 0.774. The van der Waals surface area contributed by atoms with Crippen LogP contribution in [0, 0.1) is 6.92 Å². The van der Waals surface area contributed by atoms with Gasteiger partial charge in [-0.1, -0.05) is 42.8 Å². The van der Waals surface area contributed by atoms with E-state index in [2.05, 4.69) is 34.7 Å². The van der Waals surface area contributed by atoms with E-state index in [0.717, 1.165) is 34.1 Å². The average molecular weight is 323 g/mol. The number of aliphatic imine (C=N–C) groups is 1. The predicted molar refractivity (Wildman–Crippen MR) is 98.6 cm³/mol. The molecule has 0 spiro atoms. The van der Waals surface area contributed by atoms with E-state index in [-0.39, 0.29) is 0 Å². The highest BCUT2D eigenvalue weighted by atomic mass is 35.5. The highest BCUT2D eigenvalue weighted by Gasteiger charge is 2.04. The van der Waals surface area contributed by atoms with Crippen molar-refractivity contribution in [1.82, 2.24) is 4.57 Å². The van der Waals surface area contributed by atoms with E-state index in [1.54, 1.807) is 0 Å². The standard InChI is InChI=1S/C20H19ClN2/c1-3-16-7-4-5-9-20(16)22-14-18-8-6-12-23(18)17-11-10-15(2)19(21)13-17/h4-14H,3H2,1-2H3. The van der Waals surface area contributed by atoms with Crippen molar-refractivity contribution in [3.05, 3.63) is 82.6 Å². The molecule has 1 heterocycles. The molecule has 0 N–H and O–H groups in total. The summed E-state index contributed by atoms with van der Waals surface area (Å²) in [4.78, 5) is 4.67. The minimum absolute atomic E-state index is 0.774. The molecule has 0 aliphatic rings. The largest absolute Gasteiger partial charge is 0.316 e. The summed E-state index contributed by atoms with van der Waals surface area (Å²) in [5.41, 5.74) is 5.41. The Morgan fingerprint density at radius 2 is 1.91 bits per heavy atom. The number of para-hydroxylation sites is 1. The molecule has 0 unspecified atom stereocenters. The van der Waals surface area contributed by atoms with Gasteiger partial charge in [0, 0.05) is 16.9 Å². The van der Waals surface area contributed by atoms with Gasteiger partial charge >= 0.3 is 0 Å². The zero-order chi connectivity index (χ0) is 16.2. The Bertz CT molecular complexity index is 846. The van der Waals surface area contributed by atoms with Crippen molar-refractivity contribution < 1.29 is 0 Å². The van der Waals surface area contributed by atoms with Crippen LogP contribution in [0.3, 0.4) is 0 Å². The molecule has 0 atom stereocenters. The van der Waals surface area contributed by atoms with E-state index < -0.39 is 0 Å². The van der Waals surface area contributed by atoms with Crippen LogP contribution in [0.25, 0.3) is 5.69 Å². The van der Waals surface area contributed by atoms with Crippen molar-refractivity contribution in [2.45, 2.75) is 20.3 Å². The van der Waals surface area contributed by atoms with Gasteiger partial charge in [-0.25, -0.2) is 0 Å². The lowest BCUT2D eigenvalue weighted by molar-refractivity contribution is 1.06. The maximum atomic E-state index is 6.25. The Labute approximate surface area is 142 Å². The summed E-state index contributed by atoms with van der Waals surface area (Å²) in [5.74, 6) is 0. The number of aryl methyl sites for hydroxylation is 2. The van der Waals surface area contributed by atoms with Crippen LogP contribution in [0.15, 0.2) is 65.8 Å². The smallest absolute Gasteiger partial charge is 0.0662 e. The van der Waals surface area contributed by atoms with E-state index >= 15 is 0 Å². The van der Waals surface area contributed by atoms with E-state index in [4.69, 9.17) is 11.6 Å². The summed E-state index contributed by atoms with van der Waals surface area (Å²) in [6.45, 7) is 4.15. The second-order valence-corrected chi connectivity index (χ2v) is 5.88. The summed E-state index contributed by atoms with van der Waals surface area (Å²) >= 11 is 6.25. The molecule has 0 amide bonds. The van der Waals surface area contributed by atoms with Gasteiger partial charge in [0.25, 0.3) is 0 Å². The van der Waals surface area contributed by atoms with Gasteiger partial charge in [-0.05, 0) is 54.8 Å². The molecule has 0 saturated carbocycles. The number of nitrogens with zero attached hydrogens (tertiary/aromatic N) is 2. The molecule has 1 aromatic heterocycles. The number of halogens is 1. The van der Waals surface area contributed by atoms with Gasteiger partial charge in [0.1, 0.15) is 0 Å². The molecule has 0 fully saturated rings. The lowest BCUT2D eigenvalue weighted by atomic mass is 10.1. The predicted octanol–water partition coefficient (Wildman–Crippen LogP) is 5.75. The Morgan fingerprint density at radius 1 is 1.09 bits per heavy atom. The first-order valence-corrected chi connectivity index (χ1v) is 8.12.